The lowest BCUT2D eigenvalue weighted by molar-refractivity contribution is 0.365. The van der Waals surface area contributed by atoms with Crippen LogP contribution in [0.2, 0.25) is 0 Å². The van der Waals surface area contributed by atoms with Gasteiger partial charge in [0.25, 0.3) is 0 Å². The third-order valence-corrected chi connectivity index (χ3v) is 4.06. The molecule has 1 atom stereocenters. The van der Waals surface area contributed by atoms with Gasteiger partial charge in [0.15, 0.2) is 0 Å². The SMILES string of the molecule is Cc1ccccc1CCNC1CCC(C)(C)C1. The molecule has 1 nitrogen and oxygen atoms in total. The van der Waals surface area contributed by atoms with E-state index in [4.69, 9.17) is 0 Å². The minimum absolute atomic E-state index is 0.556. The van der Waals surface area contributed by atoms with Gasteiger partial charge in [-0.2, -0.15) is 0 Å². The first-order chi connectivity index (χ1) is 8.07. The van der Waals surface area contributed by atoms with E-state index in [0.29, 0.717) is 5.41 Å². The molecule has 0 spiro atoms. The smallest absolute Gasteiger partial charge is 0.00724 e. The Labute approximate surface area is 106 Å². The van der Waals surface area contributed by atoms with Crippen LogP contribution in [-0.2, 0) is 6.42 Å². The maximum absolute atomic E-state index is 3.71. The van der Waals surface area contributed by atoms with E-state index in [0.717, 1.165) is 19.0 Å². The highest BCUT2D eigenvalue weighted by Crippen LogP contribution is 2.36. The van der Waals surface area contributed by atoms with Crippen LogP contribution in [0.25, 0.3) is 0 Å². The Kier molecular flexibility index (Phi) is 3.88. The molecular formula is C16H25N. The fourth-order valence-corrected chi connectivity index (χ4v) is 2.91. The van der Waals surface area contributed by atoms with E-state index in [2.05, 4.69) is 50.4 Å². The zero-order valence-electron chi connectivity index (χ0n) is 11.4. The van der Waals surface area contributed by atoms with Gasteiger partial charge in [0.2, 0.25) is 0 Å². The molecule has 1 aliphatic rings. The second-order valence-corrected chi connectivity index (χ2v) is 6.23. The molecule has 1 aromatic rings. The van der Waals surface area contributed by atoms with Gasteiger partial charge in [-0.25, -0.2) is 0 Å². The Bertz CT molecular complexity index is 368. The van der Waals surface area contributed by atoms with Gasteiger partial charge in [-0.15, -0.1) is 0 Å². The topological polar surface area (TPSA) is 12.0 Å². The summed E-state index contributed by atoms with van der Waals surface area (Å²) in [5.74, 6) is 0. The molecule has 0 aromatic heterocycles. The van der Waals surface area contributed by atoms with Gasteiger partial charge in [-0.05, 0) is 55.7 Å². The molecule has 2 rings (SSSR count). The average Bonchev–Trinajstić information content (AvgIpc) is 2.61. The molecule has 1 aromatic carbocycles. The number of benzene rings is 1. The summed E-state index contributed by atoms with van der Waals surface area (Å²) in [5, 5.41) is 3.71. The van der Waals surface area contributed by atoms with Crippen LogP contribution < -0.4 is 5.32 Å². The van der Waals surface area contributed by atoms with Gasteiger partial charge in [-0.3, -0.25) is 0 Å². The van der Waals surface area contributed by atoms with Crippen molar-refractivity contribution in [1.82, 2.24) is 5.32 Å². The molecule has 0 bridgehead atoms. The fourth-order valence-electron chi connectivity index (χ4n) is 2.91. The highest BCUT2D eigenvalue weighted by Gasteiger charge is 2.30. The lowest BCUT2D eigenvalue weighted by Crippen LogP contribution is -2.29. The molecule has 94 valence electrons. The number of nitrogens with one attached hydrogen (secondary N) is 1. The molecule has 1 aliphatic carbocycles. The van der Waals surface area contributed by atoms with Crippen molar-refractivity contribution in [2.75, 3.05) is 6.54 Å². The van der Waals surface area contributed by atoms with Gasteiger partial charge in [-0.1, -0.05) is 38.1 Å². The van der Waals surface area contributed by atoms with E-state index in [9.17, 15) is 0 Å². The van der Waals surface area contributed by atoms with Crippen molar-refractivity contribution in [2.24, 2.45) is 5.41 Å². The van der Waals surface area contributed by atoms with Crippen molar-refractivity contribution in [1.29, 1.82) is 0 Å². The van der Waals surface area contributed by atoms with Crippen molar-refractivity contribution in [3.63, 3.8) is 0 Å². The van der Waals surface area contributed by atoms with Crippen molar-refractivity contribution >= 4 is 0 Å². The molecule has 1 unspecified atom stereocenters. The first-order valence-electron chi connectivity index (χ1n) is 6.85. The van der Waals surface area contributed by atoms with Crippen molar-refractivity contribution in [3.8, 4) is 0 Å². The highest BCUT2D eigenvalue weighted by atomic mass is 14.9. The number of hydrogen-bond donors (Lipinski definition) is 1. The Balaban J connectivity index is 1.76. The predicted molar refractivity (Wildman–Crippen MR) is 74.3 cm³/mol. The van der Waals surface area contributed by atoms with Crippen LogP contribution in [-0.4, -0.2) is 12.6 Å². The minimum Gasteiger partial charge on any atom is -0.314 e. The summed E-state index contributed by atoms with van der Waals surface area (Å²) < 4.78 is 0. The summed E-state index contributed by atoms with van der Waals surface area (Å²) in [6.45, 7) is 8.09. The number of rotatable bonds is 4. The zero-order chi connectivity index (χ0) is 12.3. The van der Waals surface area contributed by atoms with Crippen LogP contribution in [0.1, 0.15) is 44.2 Å². The molecule has 1 N–H and O–H groups in total. The Morgan fingerprint density at radius 1 is 1.29 bits per heavy atom. The zero-order valence-corrected chi connectivity index (χ0v) is 11.4. The largest absolute Gasteiger partial charge is 0.314 e. The van der Waals surface area contributed by atoms with Gasteiger partial charge < -0.3 is 5.32 Å². The van der Waals surface area contributed by atoms with Crippen molar-refractivity contribution < 1.29 is 0 Å². The summed E-state index contributed by atoms with van der Waals surface area (Å²) in [6.07, 6.45) is 5.21. The number of aryl methyl sites for hydroxylation is 1. The van der Waals surface area contributed by atoms with E-state index in [1.807, 2.05) is 0 Å². The minimum atomic E-state index is 0.556. The monoisotopic (exact) mass is 231 g/mol. The van der Waals surface area contributed by atoms with E-state index < -0.39 is 0 Å². The maximum atomic E-state index is 3.71. The standard InChI is InChI=1S/C16H25N/c1-13-6-4-5-7-14(13)9-11-17-15-8-10-16(2,3)12-15/h4-7,15,17H,8-12H2,1-3H3. The average molecular weight is 231 g/mol. The molecule has 0 heterocycles. The normalized spacial score (nSPS) is 22.9. The summed E-state index contributed by atoms with van der Waals surface area (Å²) in [7, 11) is 0. The van der Waals surface area contributed by atoms with Crippen LogP contribution in [0, 0.1) is 12.3 Å². The molecule has 1 fully saturated rings. The van der Waals surface area contributed by atoms with Crippen molar-refractivity contribution in [3.05, 3.63) is 35.4 Å². The lowest BCUT2D eigenvalue weighted by atomic mass is 9.92. The second kappa shape index (κ2) is 5.22. The maximum Gasteiger partial charge on any atom is 0.00724 e. The molecular weight excluding hydrogens is 206 g/mol. The molecule has 1 heteroatoms. The van der Waals surface area contributed by atoms with E-state index in [1.54, 1.807) is 0 Å². The van der Waals surface area contributed by atoms with E-state index in [1.165, 1.54) is 30.4 Å². The van der Waals surface area contributed by atoms with E-state index >= 15 is 0 Å². The Morgan fingerprint density at radius 3 is 2.71 bits per heavy atom. The second-order valence-electron chi connectivity index (χ2n) is 6.23. The molecule has 17 heavy (non-hydrogen) atoms. The van der Waals surface area contributed by atoms with Crippen molar-refractivity contribution in [2.45, 2.75) is 52.5 Å². The van der Waals surface area contributed by atoms with Gasteiger partial charge in [0.05, 0.1) is 0 Å². The Hall–Kier alpha value is -0.820. The molecule has 1 saturated carbocycles. The molecule has 0 amide bonds. The number of hydrogen-bond acceptors (Lipinski definition) is 1. The van der Waals surface area contributed by atoms with Crippen LogP contribution in [0.15, 0.2) is 24.3 Å². The van der Waals surface area contributed by atoms with E-state index in [-0.39, 0.29) is 0 Å². The van der Waals surface area contributed by atoms with Gasteiger partial charge in [0, 0.05) is 6.04 Å². The van der Waals surface area contributed by atoms with Crippen LogP contribution >= 0.6 is 0 Å². The van der Waals surface area contributed by atoms with Crippen LogP contribution in [0.4, 0.5) is 0 Å². The first-order valence-corrected chi connectivity index (χ1v) is 6.85. The quantitative estimate of drug-likeness (QED) is 0.833. The lowest BCUT2D eigenvalue weighted by Gasteiger charge is -2.18. The van der Waals surface area contributed by atoms with Crippen LogP contribution in [0.5, 0.6) is 0 Å². The third-order valence-electron chi connectivity index (χ3n) is 4.06. The fraction of sp³-hybridized carbons (Fsp3) is 0.625. The summed E-state index contributed by atoms with van der Waals surface area (Å²) in [4.78, 5) is 0. The highest BCUT2D eigenvalue weighted by molar-refractivity contribution is 5.25. The molecule has 0 radical (unpaired) electrons. The molecule has 0 saturated heterocycles. The third kappa shape index (κ3) is 3.57. The summed E-state index contributed by atoms with van der Waals surface area (Å²) in [5.41, 5.74) is 3.46. The molecule has 0 aliphatic heterocycles. The first kappa shape index (κ1) is 12.6. The summed E-state index contributed by atoms with van der Waals surface area (Å²) in [6, 6.07) is 9.45. The predicted octanol–water partition coefficient (Wildman–Crippen LogP) is 3.71. The van der Waals surface area contributed by atoms with Gasteiger partial charge >= 0.3 is 0 Å². The Morgan fingerprint density at radius 2 is 2.06 bits per heavy atom. The van der Waals surface area contributed by atoms with Gasteiger partial charge in [0.1, 0.15) is 0 Å². The van der Waals surface area contributed by atoms with Crippen LogP contribution in [0.3, 0.4) is 0 Å². The summed E-state index contributed by atoms with van der Waals surface area (Å²) >= 11 is 0.